The van der Waals surface area contributed by atoms with Crippen LogP contribution in [0.4, 0.5) is 0 Å². The van der Waals surface area contributed by atoms with Crippen LogP contribution in [-0.2, 0) is 0 Å². The Balaban J connectivity index is 1.04. The van der Waals surface area contributed by atoms with E-state index in [0.29, 0.717) is 23.4 Å². The molecular weight excluding hydrogens is 831 g/mol. The van der Waals surface area contributed by atoms with E-state index in [1.165, 1.54) is 21.8 Å². The van der Waals surface area contributed by atoms with Crippen molar-refractivity contribution in [2.75, 3.05) is 0 Å². The van der Waals surface area contributed by atoms with Gasteiger partial charge in [-0.2, -0.15) is 9.97 Å². The largest absolute Gasteiger partial charge is 0.309 e. The molecule has 0 saturated heterocycles. The predicted molar refractivity (Wildman–Crippen MR) is 277 cm³/mol. The number of para-hydroxylation sites is 2. The third kappa shape index (κ3) is 6.80. The maximum absolute atomic E-state index is 5.23. The summed E-state index contributed by atoms with van der Waals surface area (Å²) in [7, 11) is 0. The molecule has 0 radical (unpaired) electrons. The van der Waals surface area contributed by atoms with Gasteiger partial charge in [0.25, 0.3) is 0 Å². The minimum atomic E-state index is 0.528. The molecule has 0 amide bonds. The highest BCUT2D eigenvalue weighted by Gasteiger charge is 2.21. The van der Waals surface area contributed by atoms with Gasteiger partial charge in [-0.25, -0.2) is 15.0 Å². The standard InChI is InChI=1S/C61H39N7/c1-5-18-40(19-6-1)52-39-53(41-20-7-2-8-21-41)63-60(62-52)46-33-35-57-51(38-46)50-37-45(44-26-17-27-47(36-44)67-54-30-15-13-28-48(54)49-29-14-16-31-55(49)67)32-34-56(50)68(57)61-65-58(42-22-9-3-10-23-42)64-59(66-61)43-24-11-4-12-25-43/h1-39H. The Morgan fingerprint density at radius 1 is 0.235 bits per heavy atom. The number of aromatic nitrogens is 7. The van der Waals surface area contributed by atoms with Crippen LogP contribution in [0.5, 0.6) is 0 Å². The Labute approximate surface area is 392 Å². The molecule has 0 atom stereocenters. The van der Waals surface area contributed by atoms with Gasteiger partial charge >= 0.3 is 0 Å². The van der Waals surface area contributed by atoms with Gasteiger partial charge in [0.1, 0.15) is 0 Å². The molecule has 318 valence electrons. The molecule has 0 aliphatic heterocycles. The molecule has 0 spiro atoms. The highest BCUT2D eigenvalue weighted by atomic mass is 15.2. The third-order valence-electron chi connectivity index (χ3n) is 12.8. The summed E-state index contributed by atoms with van der Waals surface area (Å²) in [6.07, 6.45) is 0. The number of hydrogen-bond donors (Lipinski definition) is 0. The van der Waals surface area contributed by atoms with E-state index < -0.39 is 0 Å². The van der Waals surface area contributed by atoms with Crippen LogP contribution in [0.1, 0.15) is 0 Å². The predicted octanol–water partition coefficient (Wildman–Crippen LogP) is 14.9. The zero-order chi connectivity index (χ0) is 45.0. The Morgan fingerprint density at radius 3 is 1.19 bits per heavy atom. The number of rotatable bonds is 8. The zero-order valence-electron chi connectivity index (χ0n) is 36.6. The molecule has 68 heavy (non-hydrogen) atoms. The van der Waals surface area contributed by atoms with E-state index in [1.807, 2.05) is 97.1 Å². The van der Waals surface area contributed by atoms with E-state index in [9.17, 15) is 0 Å². The van der Waals surface area contributed by atoms with E-state index >= 15 is 0 Å². The van der Waals surface area contributed by atoms with Crippen molar-refractivity contribution >= 4 is 43.6 Å². The average Bonchev–Trinajstić information content (AvgIpc) is 3.94. The normalized spacial score (nSPS) is 11.5. The lowest BCUT2D eigenvalue weighted by Gasteiger charge is -2.12. The van der Waals surface area contributed by atoms with Crippen LogP contribution in [0, 0.1) is 0 Å². The van der Waals surface area contributed by atoms with Crippen LogP contribution in [-0.4, -0.2) is 34.1 Å². The summed E-state index contributed by atoms with van der Waals surface area (Å²) in [5.41, 5.74) is 14.0. The van der Waals surface area contributed by atoms with Gasteiger partial charge in [-0.3, -0.25) is 4.57 Å². The maximum Gasteiger partial charge on any atom is 0.238 e. The van der Waals surface area contributed by atoms with Crippen LogP contribution in [0.25, 0.3) is 123 Å². The lowest BCUT2D eigenvalue weighted by atomic mass is 10.0. The molecule has 13 aromatic rings. The smallest absolute Gasteiger partial charge is 0.238 e. The lowest BCUT2D eigenvalue weighted by Crippen LogP contribution is -2.06. The number of benzene rings is 9. The first-order chi connectivity index (χ1) is 33.7. The maximum atomic E-state index is 5.23. The van der Waals surface area contributed by atoms with E-state index in [0.717, 1.165) is 77.8 Å². The molecule has 4 aromatic heterocycles. The minimum Gasteiger partial charge on any atom is -0.309 e. The molecule has 0 fully saturated rings. The second-order valence-corrected chi connectivity index (χ2v) is 16.9. The first kappa shape index (κ1) is 39.1. The molecule has 4 heterocycles. The molecule has 13 rings (SSSR count). The first-order valence-electron chi connectivity index (χ1n) is 22.7. The topological polar surface area (TPSA) is 74.3 Å². The summed E-state index contributed by atoms with van der Waals surface area (Å²) in [5.74, 6) is 2.36. The van der Waals surface area contributed by atoms with E-state index in [1.54, 1.807) is 0 Å². The van der Waals surface area contributed by atoms with Gasteiger partial charge < -0.3 is 4.57 Å². The Bertz CT molecular complexity index is 3840. The highest BCUT2D eigenvalue weighted by Crippen LogP contribution is 2.39. The molecule has 0 saturated carbocycles. The van der Waals surface area contributed by atoms with Crippen molar-refractivity contribution in [2.45, 2.75) is 0 Å². The van der Waals surface area contributed by atoms with E-state index in [-0.39, 0.29) is 0 Å². The van der Waals surface area contributed by atoms with E-state index in [4.69, 9.17) is 24.9 Å². The van der Waals surface area contributed by atoms with Crippen molar-refractivity contribution in [3.63, 3.8) is 0 Å². The van der Waals surface area contributed by atoms with Crippen LogP contribution in [0.15, 0.2) is 237 Å². The molecule has 0 N–H and O–H groups in total. The van der Waals surface area contributed by atoms with E-state index in [2.05, 4.69) is 149 Å². The van der Waals surface area contributed by atoms with Crippen LogP contribution < -0.4 is 0 Å². The Hall–Kier alpha value is -9.33. The summed E-state index contributed by atoms with van der Waals surface area (Å²) < 4.78 is 4.54. The molecule has 7 heteroatoms. The fourth-order valence-electron chi connectivity index (χ4n) is 9.57. The van der Waals surface area contributed by atoms with Crippen LogP contribution in [0.2, 0.25) is 0 Å². The fourth-order valence-corrected chi connectivity index (χ4v) is 9.57. The van der Waals surface area contributed by atoms with Crippen LogP contribution >= 0.6 is 0 Å². The summed E-state index contributed by atoms with van der Waals surface area (Å²) in [4.78, 5) is 25.9. The Kier molecular flexibility index (Phi) is 9.35. The van der Waals surface area contributed by atoms with Gasteiger partial charge in [0.15, 0.2) is 17.5 Å². The van der Waals surface area contributed by atoms with Crippen molar-refractivity contribution in [1.82, 2.24) is 34.1 Å². The van der Waals surface area contributed by atoms with Crippen molar-refractivity contribution in [2.24, 2.45) is 0 Å². The van der Waals surface area contributed by atoms with Gasteiger partial charge in [0.2, 0.25) is 5.95 Å². The van der Waals surface area contributed by atoms with Crippen molar-refractivity contribution in [1.29, 1.82) is 0 Å². The number of hydrogen-bond acceptors (Lipinski definition) is 5. The molecule has 7 nitrogen and oxygen atoms in total. The molecule has 0 unspecified atom stereocenters. The lowest BCUT2D eigenvalue weighted by molar-refractivity contribution is 0.953. The molecule has 0 aliphatic carbocycles. The molecular formula is C61H39N7. The van der Waals surface area contributed by atoms with Crippen molar-refractivity contribution < 1.29 is 0 Å². The number of fused-ring (bicyclic) bond motifs is 6. The van der Waals surface area contributed by atoms with Crippen molar-refractivity contribution in [3.8, 4) is 79.4 Å². The second kappa shape index (κ2) is 16.3. The quantitative estimate of drug-likeness (QED) is 0.152. The van der Waals surface area contributed by atoms with Gasteiger partial charge in [-0.05, 0) is 71.8 Å². The monoisotopic (exact) mass is 869 g/mol. The summed E-state index contributed by atoms with van der Waals surface area (Å²) >= 11 is 0. The zero-order valence-corrected chi connectivity index (χ0v) is 36.6. The SMILES string of the molecule is c1ccc(-c2cc(-c3ccccc3)nc(-c3ccc4c(c3)c3cc(-c5cccc(-n6c7ccccc7c7ccccc76)c5)ccc3n4-c3nc(-c4ccccc4)nc(-c4ccccc4)n3)n2)cc1. The highest BCUT2D eigenvalue weighted by molar-refractivity contribution is 6.12. The van der Waals surface area contributed by atoms with Gasteiger partial charge in [-0.1, -0.05) is 176 Å². The summed E-state index contributed by atoms with van der Waals surface area (Å²) in [6, 6.07) is 82.3. The average molecular weight is 870 g/mol. The molecule has 9 aromatic carbocycles. The number of nitrogens with zero attached hydrogens (tertiary/aromatic N) is 7. The molecule has 0 bridgehead atoms. The first-order valence-corrected chi connectivity index (χ1v) is 22.7. The fraction of sp³-hybridized carbons (Fsp3) is 0. The third-order valence-corrected chi connectivity index (χ3v) is 12.8. The van der Waals surface area contributed by atoms with Gasteiger partial charge in [0, 0.05) is 55.0 Å². The Morgan fingerprint density at radius 2 is 0.647 bits per heavy atom. The summed E-state index contributed by atoms with van der Waals surface area (Å²) in [5, 5.41) is 4.54. The second-order valence-electron chi connectivity index (χ2n) is 16.9. The minimum absolute atomic E-state index is 0.528. The van der Waals surface area contributed by atoms with Crippen LogP contribution in [0.3, 0.4) is 0 Å². The summed E-state index contributed by atoms with van der Waals surface area (Å²) in [6.45, 7) is 0. The molecule has 0 aliphatic rings. The van der Waals surface area contributed by atoms with Crippen molar-refractivity contribution in [3.05, 3.63) is 237 Å². The van der Waals surface area contributed by atoms with Gasteiger partial charge in [-0.15, -0.1) is 0 Å². The van der Waals surface area contributed by atoms with Gasteiger partial charge in [0.05, 0.1) is 33.5 Å².